The fraction of sp³-hybridized carbons (Fsp3) is 0.438. The molecule has 0 unspecified atom stereocenters. The summed E-state index contributed by atoms with van der Waals surface area (Å²) < 4.78 is 6.08. The molecule has 0 radical (unpaired) electrons. The van der Waals surface area contributed by atoms with E-state index in [0.717, 1.165) is 38.0 Å². The highest BCUT2D eigenvalue weighted by Crippen LogP contribution is 2.32. The van der Waals surface area contributed by atoms with Crippen LogP contribution < -0.4 is 0 Å². The summed E-state index contributed by atoms with van der Waals surface area (Å²) in [7, 11) is 0. The lowest BCUT2D eigenvalue weighted by atomic mass is 9.96. The third-order valence-corrected chi connectivity index (χ3v) is 6.83. The number of ketones is 1. The van der Waals surface area contributed by atoms with E-state index in [1.165, 1.54) is 25.7 Å². The Kier molecular flexibility index (Phi) is 10.7. The molecule has 0 amide bonds. The van der Waals surface area contributed by atoms with Gasteiger partial charge >= 0.3 is 5.97 Å². The molecular formula is C32H41NO4. The highest BCUT2D eigenvalue weighted by Gasteiger charge is 2.23. The standard InChI is InChI=1S/C32H41NO4/c1-5-8-13-28-30(27-22-26(32(35)36)23(4)21-29(27)37-28)31(34)25-16-14-24(15-17-25)12-11-20-33(18-9-6-2)19-10-7-3/h11-12,14-17,21-22H,5-10,13,18-20H2,1-4H3,(H,35,36). The minimum Gasteiger partial charge on any atom is -0.478 e. The third-order valence-electron chi connectivity index (χ3n) is 6.83. The Morgan fingerprint density at radius 3 is 2.19 bits per heavy atom. The maximum absolute atomic E-state index is 13.7. The average Bonchev–Trinajstić information content (AvgIpc) is 3.24. The second kappa shape index (κ2) is 13.9. The van der Waals surface area contributed by atoms with Gasteiger partial charge in [0.2, 0.25) is 0 Å². The first kappa shape index (κ1) is 28.4. The number of carboxylic acids is 1. The van der Waals surface area contributed by atoms with Gasteiger partial charge in [-0.1, -0.05) is 76.5 Å². The van der Waals surface area contributed by atoms with Gasteiger partial charge in [-0.25, -0.2) is 4.79 Å². The van der Waals surface area contributed by atoms with E-state index >= 15 is 0 Å². The maximum atomic E-state index is 13.7. The monoisotopic (exact) mass is 503 g/mol. The zero-order chi connectivity index (χ0) is 26.8. The minimum atomic E-state index is -1.01. The molecule has 3 aromatic rings. The van der Waals surface area contributed by atoms with Crippen LogP contribution >= 0.6 is 0 Å². The number of aromatic carboxylic acids is 1. The van der Waals surface area contributed by atoms with Gasteiger partial charge in [-0.05, 0) is 62.5 Å². The molecule has 0 fully saturated rings. The van der Waals surface area contributed by atoms with Crippen molar-refractivity contribution in [2.75, 3.05) is 19.6 Å². The minimum absolute atomic E-state index is 0.133. The van der Waals surface area contributed by atoms with Crippen molar-refractivity contribution < 1.29 is 19.1 Å². The van der Waals surface area contributed by atoms with Crippen molar-refractivity contribution in [3.8, 4) is 0 Å². The maximum Gasteiger partial charge on any atom is 0.335 e. The van der Waals surface area contributed by atoms with E-state index in [2.05, 4.69) is 37.8 Å². The average molecular weight is 504 g/mol. The molecule has 1 aromatic heterocycles. The lowest BCUT2D eigenvalue weighted by molar-refractivity contribution is 0.0696. The number of fused-ring (bicyclic) bond motifs is 1. The molecule has 5 nitrogen and oxygen atoms in total. The molecule has 0 aliphatic heterocycles. The summed E-state index contributed by atoms with van der Waals surface area (Å²) in [5.74, 6) is -0.508. The number of hydrogen-bond acceptors (Lipinski definition) is 4. The Labute approximate surface area is 221 Å². The van der Waals surface area contributed by atoms with Crippen molar-refractivity contribution in [2.24, 2.45) is 0 Å². The summed E-state index contributed by atoms with van der Waals surface area (Å²) in [6, 6.07) is 10.9. The van der Waals surface area contributed by atoms with Crippen LogP contribution in [0, 0.1) is 6.92 Å². The second-order valence-corrected chi connectivity index (χ2v) is 9.83. The van der Waals surface area contributed by atoms with Gasteiger partial charge in [-0.3, -0.25) is 9.69 Å². The predicted octanol–water partition coefficient (Wildman–Crippen LogP) is 7.93. The SMILES string of the molecule is CCCCc1oc2cc(C)c(C(=O)O)cc2c1C(=O)c1ccc(C=CCN(CCCC)CCCC)cc1. The summed E-state index contributed by atoms with van der Waals surface area (Å²) in [5.41, 5.74) is 3.48. The quantitative estimate of drug-likeness (QED) is 0.213. The highest BCUT2D eigenvalue weighted by molar-refractivity contribution is 6.17. The van der Waals surface area contributed by atoms with Gasteiger partial charge < -0.3 is 9.52 Å². The van der Waals surface area contributed by atoms with Gasteiger partial charge in [0, 0.05) is 23.9 Å². The Balaban J connectivity index is 1.84. The van der Waals surface area contributed by atoms with Crippen LogP contribution in [-0.4, -0.2) is 41.4 Å². The molecule has 0 aliphatic rings. The number of carbonyl (C=O) groups is 2. The molecule has 0 bridgehead atoms. The van der Waals surface area contributed by atoms with Crippen LogP contribution in [0.4, 0.5) is 0 Å². The Morgan fingerprint density at radius 2 is 1.59 bits per heavy atom. The summed E-state index contributed by atoms with van der Waals surface area (Å²) in [4.78, 5) is 27.9. The van der Waals surface area contributed by atoms with E-state index in [-0.39, 0.29) is 11.3 Å². The van der Waals surface area contributed by atoms with Crippen LogP contribution in [0.25, 0.3) is 17.0 Å². The molecule has 0 aliphatic carbocycles. The van der Waals surface area contributed by atoms with E-state index < -0.39 is 5.97 Å². The highest BCUT2D eigenvalue weighted by atomic mass is 16.4. The van der Waals surface area contributed by atoms with Gasteiger partial charge in [-0.2, -0.15) is 0 Å². The molecule has 3 rings (SSSR count). The van der Waals surface area contributed by atoms with Crippen LogP contribution in [0.2, 0.25) is 0 Å². The summed E-state index contributed by atoms with van der Waals surface area (Å²) in [5, 5.41) is 10.2. The second-order valence-electron chi connectivity index (χ2n) is 9.83. The summed E-state index contributed by atoms with van der Waals surface area (Å²) in [6.45, 7) is 11.5. The fourth-order valence-corrected chi connectivity index (χ4v) is 4.57. The first-order chi connectivity index (χ1) is 17.9. The molecule has 2 aromatic carbocycles. The number of hydrogen-bond donors (Lipinski definition) is 1. The zero-order valence-corrected chi connectivity index (χ0v) is 22.8. The number of carbonyl (C=O) groups excluding carboxylic acids is 1. The van der Waals surface area contributed by atoms with Crippen LogP contribution in [0.1, 0.15) is 102 Å². The van der Waals surface area contributed by atoms with Crippen molar-refractivity contribution in [3.63, 3.8) is 0 Å². The molecule has 0 spiro atoms. The van der Waals surface area contributed by atoms with E-state index in [1.807, 2.05) is 24.3 Å². The Hall–Kier alpha value is -3.18. The lowest BCUT2D eigenvalue weighted by Crippen LogP contribution is -2.26. The topological polar surface area (TPSA) is 70.7 Å². The third kappa shape index (κ3) is 7.42. The van der Waals surface area contributed by atoms with Crippen molar-refractivity contribution in [3.05, 3.63) is 76.1 Å². The van der Waals surface area contributed by atoms with Crippen molar-refractivity contribution in [2.45, 2.75) is 72.6 Å². The number of rotatable bonds is 15. The lowest BCUT2D eigenvalue weighted by Gasteiger charge is -2.19. The van der Waals surface area contributed by atoms with Gasteiger partial charge in [0.05, 0.1) is 11.1 Å². The van der Waals surface area contributed by atoms with E-state index in [1.54, 1.807) is 19.1 Å². The number of furan rings is 1. The predicted molar refractivity (Wildman–Crippen MR) is 152 cm³/mol. The largest absolute Gasteiger partial charge is 0.478 e. The summed E-state index contributed by atoms with van der Waals surface area (Å²) >= 11 is 0. The molecule has 198 valence electrons. The van der Waals surface area contributed by atoms with Crippen molar-refractivity contribution in [1.82, 2.24) is 4.90 Å². The van der Waals surface area contributed by atoms with E-state index in [9.17, 15) is 14.7 Å². The Bertz CT molecular complexity index is 1210. The van der Waals surface area contributed by atoms with Gasteiger partial charge in [0.25, 0.3) is 0 Å². The molecule has 1 N–H and O–H groups in total. The number of aryl methyl sites for hydroxylation is 2. The number of carboxylic acid groups (broad SMARTS) is 1. The smallest absolute Gasteiger partial charge is 0.335 e. The molecule has 0 saturated carbocycles. The molecule has 1 heterocycles. The molecule has 0 atom stereocenters. The molecular weight excluding hydrogens is 462 g/mol. The van der Waals surface area contributed by atoms with Crippen molar-refractivity contribution in [1.29, 1.82) is 0 Å². The van der Waals surface area contributed by atoms with Crippen LogP contribution in [0.3, 0.4) is 0 Å². The molecule has 0 saturated heterocycles. The van der Waals surface area contributed by atoms with E-state index in [0.29, 0.717) is 39.8 Å². The van der Waals surface area contributed by atoms with Crippen molar-refractivity contribution >= 4 is 28.8 Å². The molecule has 5 heteroatoms. The van der Waals surface area contributed by atoms with Crippen LogP contribution in [0.15, 0.2) is 46.9 Å². The van der Waals surface area contributed by atoms with E-state index in [4.69, 9.17) is 4.42 Å². The normalized spacial score (nSPS) is 11.7. The van der Waals surface area contributed by atoms with Crippen LogP contribution in [0.5, 0.6) is 0 Å². The number of unbranched alkanes of at least 4 members (excludes halogenated alkanes) is 3. The number of nitrogens with zero attached hydrogens (tertiary/aromatic N) is 1. The zero-order valence-electron chi connectivity index (χ0n) is 22.8. The first-order valence-electron chi connectivity index (χ1n) is 13.7. The summed E-state index contributed by atoms with van der Waals surface area (Å²) in [6.07, 6.45) is 11.6. The first-order valence-corrected chi connectivity index (χ1v) is 13.7. The molecule has 37 heavy (non-hydrogen) atoms. The number of benzene rings is 2. The van der Waals surface area contributed by atoms with Crippen LogP contribution in [-0.2, 0) is 6.42 Å². The fourth-order valence-electron chi connectivity index (χ4n) is 4.57. The van der Waals surface area contributed by atoms with Gasteiger partial charge in [-0.15, -0.1) is 0 Å². The Morgan fingerprint density at radius 1 is 0.946 bits per heavy atom. The van der Waals surface area contributed by atoms with Gasteiger partial charge in [0.1, 0.15) is 11.3 Å². The van der Waals surface area contributed by atoms with Gasteiger partial charge in [0.15, 0.2) is 5.78 Å².